The number of aryl methyl sites for hydroxylation is 1. The fourth-order valence-corrected chi connectivity index (χ4v) is 7.14. The van der Waals surface area contributed by atoms with Crippen LogP contribution in [-0.2, 0) is 22.9 Å². The van der Waals surface area contributed by atoms with E-state index in [9.17, 15) is 9.18 Å². The summed E-state index contributed by atoms with van der Waals surface area (Å²) < 4.78 is 27.2. The number of nitrogens with zero attached hydrogens (tertiary/aromatic N) is 4. The number of methoxy groups -OCH3 is 1. The first-order chi connectivity index (χ1) is 21.2. The van der Waals surface area contributed by atoms with Gasteiger partial charge in [-0.2, -0.15) is 5.10 Å². The Labute approximate surface area is 261 Å². The number of hydrogen-bond donors (Lipinski definition) is 1. The van der Waals surface area contributed by atoms with E-state index in [1.165, 1.54) is 24.1 Å². The summed E-state index contributed by atoms with van der Waals surface area (Å²) in [5.41, 5.74) is 10.6. The smallest absolute Gasteiger partial charge is 0.254 e. The van der Waals surface area contributed by atoms with Crippen LogP contribution in [0.5, 0.6) is 0 Å². The number of rotatable bonds is 13. The fourth-order valence-electron chi connectivity index (χ4n) is 7.14. The molecule has 0 bridgehead atoms. The molecule has 3 atom stereocenters. The van der Waals surface area contributed by atoms with Crippen LogP contribution >= 0.6 is 0 Å². The van der Waals surface area contributed by atoms with Crippen molar-refractivity contribution in [3.05, 3.63) is 53.5 Å². The number of aromatic nitrogens is 2. The Bertz CT molecular complexity index is 1420. The van der Waals surface area contributed by atoms with E-state index in [-0.39, 0.29) is 18.0 Å². The molecule has 240 valence electrons. The summed E-state index contributed by atoms with van der Waals surface area (Å²) in [6.45, 7) is 11.0. The number of morpholine rings is 1. The third kappa shape index (κ3) is 7.17. The summed E-state index contributed by atoms with van der Waals surface area (Å²) in [7, 11) is 3.70. The molecule has 2 aliphatic heterocycles. The molecule has 3 heterocycles. The topological polar surface area (TPSA) is 85.8 Å². The number of likely N-dealkylation sites (tertiary alicyclic amines) is 1. The Morgan fingerprint density at radius 1 is 1.16 bits per heavy atom. The number of amides is 1. The Kier molecular flexibility index (Phi) is 10.7. The van der Waals surface area contributed by atoms with Gasteiger partial charge in [0.25, 0.3) is 5.91 Å². The van der Waals surface area contributed by atoms with Crippen molar-refractivity contribution in [3.63, 3.8) is 0 Å². The third-order valence-corrected chi connectivity index (χ3v) is 9.62. The minimum atomic E-state index is -0.416. The molecular formula is C35H50FN5O3. The highest BCUT2D eigenvalue weighted by Gasteiger charge is 2.34. The van der Waals surface area contributed by atoms with Gasteiger partial charge in [0.05, 0.1) is 36.5 Å². The van der Waals surface area contributed by atoms with Crippen LogP contribution in [0.2, 0.25) is 0 Å². The van der Waals surface area contributed by atoms with Gasteiger partial charge >= 0.3 is 0 Å². The Morgan fingerprint density at radius 2 is 1.93 bits per heavy atom. The molecule has 5 rings (SSSR count). The van der Waals surface area contributed by atoms with Crippen molar-refractivity contribution in [1.82, 2.24) is 19.6 Å². The Hall–Kier alpha value is -2.85. The number of hydrogen-bond acceptors (Lipinski definition) is 6. The standard InChI is InChI=1S/C35H50FN5O3/c1-23(2)33(8-6-7-28(37)13-15-43-5)40-20-25(21-40)17-26-9-11-30(32-19-38-39(4)34(26)32)29-12-10-27(36)18-31(29)35(42)41-14-16-44-22-24(41)3/h9-12,18-19,23-25,28,33H,6-8,13-17,20-22,37H2,1-5H3/t24-,28?,33+/m1/s1. The maximum absolute atomic E-state index is 14.5. The van der Waals surface area contributed by atoms with Crippen molar-refractivity contribution in [2.75, 3.05) is 46.6 Å². The minimum Gasteiger partial charge on any atom is -0.385 e. The lowest BCUT2D eigenvalue weighted by Gasteiger charge is -2.46. The summed E-state index contributed by atoms with van der Waals surface area (Å²) in [6, 6.07) is 9.53. The second kappa shape index (κ2) is 14.5. The summed E-state index contributed by atoms with van der Waals surface area (Å²) in [6.07, 6.45) is 7.13. The van der Waals surface area contributed by atoms with Gasteiger partial charge < -0.3 is 20.1 Å². The van der Waals surface area contributed by atoms with Crippen LogP contribution in [-0.4, -0.2) is 90.2 Å². The Balaban J connectivity index is 1.31. The van der Waals surface area contributed by atoms with Gasteiger partial charge in [0.1, 0.15) is 5.82 Å². The SMILES string of the molecule is COCCC(N)CCC[C@@H](C(C)C)N1CC(Cc2ccc(-c3ccc(F)cc3C(=O)N3CCOC[C@H]3C)c3cnn(C)c23)C1. The molecule has 2 aliphatic rings. The van der Waals surface area contributed by atoms with Crippen LogP contribution in [0.4, 0.5) is 4.39 Å². The number of ether oxygens (including phenoxy) is 2. The van der Waals surface area contributed by atoms with Crippen LogP contribution in [0, 0.1) is 17.7 Å². The normalized spacial score (nSPS) is 19.5. The van der Waals surface area contributed by atoms with Crippen molar-refractivity contribution in [2.24, 2.45) is 24.6 Å². The molecule has 0 radical (unpaired) electrons. The molecule has 1 aromatic heterocycles. The lowest BCUT2D eigenvalue weighted by molar-refractivity contribution is 0.00361. The molecule has 2 N–H and O–H groups in total. The van der Waals surface area contributed by atoms with E-state index in [1.807, 2.05) is 24.9 Å². The van der Waals surface area contributed by atoms with Crippen LogP contribution in [0.1, 0.15) is 62.4 Å². The molecule has 2 aromatic carbocycles. The van der Waals surface area contributed by atoms with Gasteiger partial charge in [-0.15, -0.1) is 0 Å². The number of benzene rings is 2. The predicted octanol–water partition coefficient (Wildman–Crippen LogP) is 5.27. The van der Waals surface area contributed by atoms with Crippen LogP contribution < -0.4 is 5.73 Å². The van der Waals surface area contributed by atoms with E-state index in [2.05, 4.69) is 36.0 Å². The van der Waals surface area contributed by atoms with E-state index in [4.69, 9.17) is 15.2 Å². The largest absolute Gasteiger partial charge is 0.385 e. The van der Waals surface area contributed by atoms with E-state index in [0.29, 0.717) is 43.2 Å². The zero-order valence-electron chi connectivity index (χ0n) is 27.1. The number of fused-ring (bicyclic) bond motifs is 1. The quantitative estimate of drug-likeness (QED) is 0.285. The molecule has 9 heteroatoms. The van der Waals surface area contributed by atoms with Crippen molar-refractivity contribution < 1.29 is 18.7 Å². The first kappa shape index (κ1) is 32.5. The zero-order chi connectivity index (χ0) is 31.4. The zero-order valence-corrected chi connectivity index (χ0v) is 27.1. The first-order valence-electron chi connectivity index (χ1n) is 16.3. The predicted molar refractivity (Wildman–Crippen MR) is 173 cm³/mol. The molecule has 0 saturated carbocycles. The highest BCUT2D eigenvalue weighted by Crippen LogP contribution is 2.36. The second-order valence-electron chi connectivity index (χ2n) is 13.2. The maximum Gasteiger partial charge on any atom is 0.254 e. The van der Waals surface area contributed by atoms with Gasteiger partial charge in [-0.1, -0.05) is 38.5 Å². The van der Waals surface area contributed by atoms with E-state index in [0.717, 1.165) is 67.4 Å². The van der Waals surface area contributed by atoms with E-state index in [1.54, 1.807) is 18.1 Å². The molecule has 44 heavy (non-hydrogen) atoms. The number of halogens is 1. The lowest BCUT2D eigenvalue weighted by Crippen LogP contribution is -2.54. The van der Waals surface area contributed by atoms with Crippen molar-refractivity contribution in [3.8, 4) is 11.1 Å². The molecule has 2 fully saturated rings. The molecule has 8 nitrogen and oxygen atoms in total. The van der Waals surface area contributed by atoms with Crippen molar-refractivity contribution in [1.29, 1.82) is 0 Å². The molecule has 0 aliphatic carbocycles. The number of nitrogens with two attached hydrogens (primary N) is 1. The average Bonchev–Trinajstić information content (AvgIpc) is 3.38. The van der Waals surface area contributed by atoms with Crippen LogP contribution in [0.3, 0.4) is 0 Å². The molecular weight excluding hydrogens is 557 g/mol. The van der Waals surface area contributed by atoms with Crippen LogP contribution in [0.25, 0.3) is 22.0 Å². The van der Waals surface area contributed by atoms with Gasteiger partial charge in [-0.25, -0.2) is 4.39 Å². The maximum atomic E-state index is 14.5. The highest BCUT2D eigenvalue weighted by atomic mass is 19.1. The molecule has 1 unspecified atom stereocenters. The van der Waals surface area contributed by atoms with E-state index < -0.39 is 5.82 Å². The van der Waals surface area contributed by atoms with Crippen molar-refractivity contribution in [2.45, 2.75) is 71.0 Å². The third-order valence-electron chi connectivity index (χ3n) is 9.62. The second-order valence-corrected chi connectivity index (χ2v) is 13.2. The average molecular weight is 608 g/mol. The van der Waals surface area contributed by atoms with Gasteiger partial charge in [-0.3, -0.25) is 14.4 Å². The highest BCUT2D eigenvalue weighted by molar-refractivity contribution is 6.06. The number of carbonyl (C=O) groups excluding carboxylic acids is 1. The first-order valence-corrected chi connectivity index (χ1v) is 16.3. The molecule has 2 saturated heterocycles. The summed E-state index contributed by atoms with van der Waals surface area (Å²) in [4.78, 5) is 18.1. The molecule has 3 aromatic rings. The van der Waals surface area contributed by atoms with Gasteiger partial charge in [0.2, 0.25) is 0 Å². The Morgan fingerprint density at radius 3 is 2.66 bits per heavy atom. The van der Waals surface area contributed by atoms with Gasteiger partial charge in [-0.05, 0) is 73.3 Å². The fraction of sp³-hybridized carbons (Fsp3) is 0.600. The minimum absolute atomic E-state index is 0.0658. The summed E-state index contributed by atoms with van der Waals surface area (Å²) >= 11 is 0. The van der Waals surface area contributed by atoms with Crippen molar-refractivity contribution >= 4 is 16.8 Å². The van der Waals surface area contributed by atoms with E-state index >= 15 is 0 Å². The molecule has 0 spiro atoms. The monoisotopic (exact) mass is 607 g/mol. The van der Waals surface area contributed by atoms with Gasteiger partial charge in [0, 0.05) is 57.9 Å². The summed E-state index contributed by atoms with van der Waals surface area (Å²) in [5, 5.41) is 5.61. The van der Waals surface area contributed by atoms with Gasteiger partial charge in [0.15, 0.2) is 0 Å². The number of carbonyl (C=O) groups is 1. The molecule has 1 amide bonds. The summed E-state index contributed by atoms with van der Waals surface area (Å²) in [5.74, 6) is 0.597. The lowest BCUT2D eigenvalue weighted by atomic mass is 9.85. The van der Waals surface area contributed by atoms with Crippen LogP contribution in [0.15, 0.2) is 36.5 Å².